The van der Waals surface area contributed by atoms with E-state index in [1.165, 1.54) is 0 Å². The molecule has 0 aliphatic heterocycles. The molecule has 0 spiro atoms. The Bertz CT molecular complexity index is 528. The lowest BCUT2D eigenvalue weighted by Gasteiger charge is -2.18. The Morgan fingerprint density at radius 1 is 1.56 bits per heavy atom. The number of carbonyl (C=O) groups is 1. The molecule has 0 aromatic heterocycles. The molecule has 1 N–H and O–H groups in total. The molecule has 1 aliphatic carbocycles. The van der Waals surface area contributed by atoms with E-state index >= 15 is 0 Å². The Balaban J connectivity index is 2.54. The molecule has 0 amide bonds. The van der Waals surface area contributed by atoms with E-state index in [0.29, 0.717) is 0 Å². The van der Waals surface area contributed by atoms with Crippen LogP contribution in [-0.4, -0.2) is 29.1 Å². The van der Waals surface area contributed by atoms with Crippen molar-refractivity contribution in [3.8, 4) is 0 Å². The van der Waals surface area contributed by atoms with Crippen molar-refractivity contribution in [1.29, 1.82) is 0 Å². The van der Waals surface area contributed by atoms with Crippen LogP contribution in [0.25, 0.3) is 0 Å². The van der Waals surface area contributed by atoms with Crippen molar-refractivity contribution in [2.75, 3.05) is 11.9 Å². The summed E-state index contributed by atoms with van der Waals surface area (Å²) in [5.74, 6) is -2.48. The minimum atomic E-state index is -1.52. The third-order valence-electron chi connectivity index (χ3n) is 2.97. The summed E-state index contributed by atoms with van der Waals surface area (Å²) in [7, 11) is 1.64. The SMILES string of the molecule is CN(c1cc(F)c(C(=O)O)cc1[N+](=O)[O-])C1CC1. The fraction of sp³-hybridized carbons (Fsp3) is 0.364. The zero-order valence-electron chi connectivity index (χ0n) is 9.59. The van der Waals surface area contributed by atoms with Gasteiger partial charge in [-0.1, -0.05) is 0 Å². The lowest BCUT2D eigenvalue weighted by atomic mass is 10.1. The van der Waals surface area contributed by atoms with Crippen LogP contribution in [0.3, 0.4) is 0 Å². The Kier molecular flexibility index (Phi) is 2.90. The molecule has 0 saturated heterocycles. The number of hydrogen-bond donors (Lipinski definition) is 1. The third kappa shape index (κ3) is 2.11. The van der Waals surface area contributed by atoms with Crippen LogP contribution in [0.1, 0.15) is 23.2 Å². The van der Waals surface area contributed by atoms with Crippen molar-refractivity contribution >= 4 is 17.3 Å². The number of nitro groups is 1. The average molecular weight is 254 g/mol. The van der Waals surface area contributed by atoms with Gasteiger partial charge in [-0.25, -0.2) is 9.18 Å². The molecule has 1 aromatic carbocycles. The van der Waals surface area contributed by atoms with Crippen LogP contribution < -0.4 is 4.90 Å². The number of hydrogen-bond acceptors (Lipinski definition) is 4. The highest BCUT2D eigenvalue weighted by atomic mass is 19.1. The second-order valence-corrected chi connectivity index (χ2v) is 4.23. The van der Waals surface area contributed by atoms with Crippen LogP contribution >= 0.6 is 0 Å². The highest BCUT2D eigenvalue weighted by molar-refractivity contribution is 5.90. The molecular formula is C11H11FN2O4. The monoisotopic (exact) mass is 254 g/mol. The molecule has 7 heteroatoms. The van der Waals surface area contributed by atoms with E-state index in [0.717, 1.165) is 25.0 Å². The van der Waals surface area contributed by atoms with E-state index in [9.17, 15) is 19.3 Å². The molecule has 18 heavy (non-hydrogen) atoms. The largest absolute Gasteiger partial charge is 0.478 e. The van der Waals surface area contributed by atoms with Gasteiger partial charge in [0.1, 0.15) is 17.1 Å². The van der Waals surface area contributed by atoms with Gasteiger partial charge >= 0.3 is 5.97 Å². The van der Waals surface area contributed by atoms with Gasteiger partial charge in [-0.3, -0.25) is 10.1 Å². The minimum absolute atomic E-state index is 0.116. The fourth-order valence-corrected chi connectivity index (χ4v) is 1.80. The van der Waals surface area contributed by atoms with Crippen LogP contribution in [0, 0.1) is 15.9 Å². The van der Waals surface area contributed by atoms with Crippen molar-refractivity contribution in [3.05, 3.63) is 33.6 Å². The van der Waals surface area contributed by atoms with E-state index in [4.69, 9.17) is 5.11 Å². The van der Waals surface area contributed by atoms with Gasteiger partial charge in [-0.15, -0.1) is 0 Å². The number of nitro benzene ring substituents is 1. The highest BCUT2D eigenvalue weighted by Crippen LogP contribution is 2.37. The fourth-order valence-electron chi connectivity index (χ4n) is 1.80. The first-order valence-corrected chi connectivity index (χ1v) is 5.36. The number of rotatable bonds is 4. The summed E-state index contributed by atoms with van der Waals surface area (Å²) in [6, 6.07) is 1.85. The average Bonchev–Trinajstić information content (AvgIpc) is 3.10. The molecule has 0 heterocycles. The maximum Gasteiger partial charge on any atom is 0.338 e. The van der Waals surface area contributed by atoms with Crippen molar-refractivity contribution in [3.63, 3.8) is 0 Å². The van der Waals surface area contributed by atoms with Crippen LogP contribution in [0.15, 0.2) is 12.1 Å². The van der Waals surface area contributed by atoms with Crippen LogP contribution in [0.5, 0.6) is 0 Å². The summed E-state index contributed by atoms with van der Waals surface area (Å²) in [5, 5.41) is 19.7. The summed E-state index contributed by atoms with van der Waals surface area (Å²) >= 11 is 0. The van der Waals surface area contributed by atoms with Gasteiger partial charge in [0.15, 0.2) is 0 Å². The summed E-state index contributed by atoms with van der Waals surface area (Å²) in [4.78, 5) is 22.6. The molecule has 0 bridgehead atoms. The molecule has 96 valence electrons. The smallest absolute Gasteiger partial charge is 0.338 e. The molecule has 6 nitrogen and oxygen atoms in total. The zero-order chi connectivity index (χ0) is 13.4. The zero-order valence-corrected chi connectivity index (χ0v) is 9.59. The number of aromatic carboxylic acids is 1. The van der Waals surface area contributed by atoms with E-state index in [1.807, 2.05) is 0 Å². The molecule has 0 radical (unpaired) electrons. The van der Waals surface area contributed by atoms with Crippen LogP contribution in [0.2, 0.25) is 0 Å². The first-order valence-electron chi connectivity index (χ1n) is 5.36. The quantitative estimate of drug-likeness (QED) is 0.656. The van der Waals surface area contributed by atoms with E-state index in [-0.39, 0.29) is 17.4 Å². The molecular weight excluding hydrogens is 243 g/mol. The second kappa shape index (κ2) is 4.25. The molecule has 1 aromatic rings. The minimum Gasteiger partial charge on any atom is -0.478 e. The normalized spacial score (nSPS) is 14.3. The molecule has 0 unspecified atom stereocenters. The van der Waals surface area contributed by atoms with Crippen molar-refractivity contribution in [2.24, 2.45) is 0 Å². The molecule has 2 rings (SSSR count). The van der Waals surface area contributed by atoms with Gasteiger partial charge in [0, 0.05) is 25.2 Å². The lowest BCUT2D eigenvalue weighted by Crippen LogP contribution is -2.21. The predicted molar refractivity (Wildman–Crippen MR) is 61.4 cm³/mol. The number of carboxylic acids is 1. The van der Waals surface area contributed by atoms with Crippen molar-refractivity contribution in [2.45, 2.75) is 18.9 Å². The Morgan fingerprint density at radius 2 is 2.17 bits per heavy atom. The second-order valence-electron chi connectivity index (χ2n) is 4.23. The van der Waals surface area contributed by atoms with Gasteiger partial charge in [0.2, 0.25) is 0 Å². The summed E-state index contributed by atoms with van der Waals surface area (Å²) in [5.41, 5.74) is -0.956. The Labute approximate surface area is 102 Å². The van der Waals surface area contributed by atoms with Gasteiger partial charge < -0.3 is 10.0 Å². The van der Waals surface area contributed by atoms with Crippen LogP contribution in [-0.2, 0) is 0 Å². The van der Waals surface area contributed by atoms with Gasteiger partial charge in [-0.05, 0) is 12.8 Å². The van der Waals surface area contributed by atoms with E-state index in [1.54, 1.807) is 11.9 Å². The Hall–Kier alpha value is -2.18. The standard InChI is InChI=1S/C11H11FN2O4/c1-13(6-2-3-6)9-5-8(12)7(11(15)16)4-10(9)14(17)18/h4-6H,2-3H2,1H3,(H,15,16). The maximum atomic E-state index is 13.6. The molecule has 1 aliphatic rings. The summed E-state index contributed by atoms with van der Waals surface area (Å²) in [6.45, 7) is 0. The van der Waals surface area contributed by atoms with Crippen molar-refractivity contribution < 1.29 is 19.2 Å². The maximum absolute atomic E-state index is 13.6. The molecule has 0 atom stereocenters. The number of carboxylic acid groups (broad SMARTS) is 1. The van der Waals surface area contributed by atoms with Gasteiger partial charge in [0.05, 0.1) is 4.92 Å². The first kappa shape index (κ1) is 12.3. The first-order chi connectivity index (χ1) is 8.41. The Morgan fingerprint density at radius 3 is 2.61 bits per heavy atom. The number of benzene rings is 1. The van der Waals surface area contributed by atoms with Crippen LogP contribution in [0.4, 0.5) is 15.8 Å². The van der Waals surface area contributed by atoms with Gasteiger partial charge in [0.25, 0.3) is 5.69 Å². The van der Waals surface area contributed by atoms with E-state index in [2.05, 4.69) is 0 Å². The topological polar surface area (TPSA) is 83.7 Å². The molecule has 1 fully saturated rings. The van der Waals surface area contributed by atoms with E-state index < -0.39 is 22.3 Å². The molecule has 1 saturated carbocycles. The third-order valence-corrected chi connectivity index (χ3v) is 2.97. The number of nitrogens with zero attached hydrogens (tertiary/aromatic N) is 2. The van der Waals surface area contributed by atoms with Gasteiger partial charge in [-0.2, -0.15) is 0 Å². The lowest BCUT2D eigenvalue weighted by molar-refractivity contribution is -0.384. The number of halogens is 1. The predicted octanol–water partition coefficient (Wildman–Crippen LogP) is 2.03. The highest BCUT2D eigenvalue weighted by Gasteiger charge is 2.32. The summed E-state index contributed by atoms with van der Waals surface area (Å²) < 4.78 is 13.6. The summed E-state index contributed by atoms with van der Waals surface area (Å²) in [6.07, 6.45) is 1.80. The number of anilines is 1. The van der Waals surface area contributed by atoms with Crippen molar-refractivity contribution in [1.82, 2.24) is 0 Å².